The fourth-order valence-corrected chi connectivity index (χ4v) is 1.74. The molecule has 1 aliphatic carbocycles. The summed E-state index contributed by atoms with van der Waals surface area (Å²) in [6, 6.07) is 6.18. The maximum absolute atomic E-state index is 11.4. The molecule has 2 rings (SSSR count). The lowest BCUT2D eigenvalue weighted by atomic mass is 9.85. The number of carbonyl (C=O) groups is 1. The van der Waals surface area contributed by atoms with E-state index in [1.54, 1.807) is 0 Å². The zero-order valence-electron chi connectivity index (χ0n) is 7.26. The first-order valence-corrected chi connectivity index (χ1v) is 4.40. The summed E-state index contributed by atoms with van der Waals surface area (Å²) in [6.07, 6.45) is 2.83. The number of carbonyl (C=O) groups excluding carboxylic acids is 1. The molecular weight excluding hydrogens is 147 g/mol. The van der Waals surface area contributed by atoms with Gasteiger partial charge in [0.2, 0.25) is 0 Å². The summed E-state index contributed by atoms with van der Waals surface area (Å²) in [7, 11) is 2.03. The number of hydrogen-bond acceptors (Lipinski definition) is 1. The number of Topliss-reactive ketones (excluding diaryl/α,β-unsaturated/α-hetero) is 1. The molecule has 0 N–H and O–H groups in total. The molecule has 0 unspecified atom stereocenters. The molecule has 2 heteroatoms. The van der Waals surface area contributed by atoms with E-state index in [1.165, 1.54) is 11.0 Å². The van der Waals surface area contributed by atoms with Gasteiger partial charge < -0.3 is 0 Å². The van der Waals surface area contributed by atoms with Crippen LogP contribution in [0.3, 0.4) is 0 Å². The first-order valence-electron chi connectivity index (χ1n) is 4.40. The quantitative estimate of drug-likeness (QED) is 0.501. The number of fused-ring (bicyclic) bond motifs is 1. The van der Waals surface area contributed by atoms with Crippen LogP contribution in [0, 0.1) is 0 Å². The molecule has 1 aromatic carbocycles. The van der Waals surface area contributed by atoms with Crippen molar-refractivity contribution >= 4 is 19.1 Å². The SMILES string of the molecule is Bc1ccc2c(c1)C(=O)CCC2. The first kappa shape index (κ1) is 7.60. The van der Waals surface area contributed by atoms with E-state index in [4.69, 9.17) is 0 Å². The molecule has 0 aliphatic heterocycles. The summed E-state index contributed by atoms with van der Waals surface area (Å²) < 4.78 is 0. The van der Waals surface area contributed by atoms with Gasteiger partial charge >= 0.3 is 0 Å². The second-order valence-electron chi connectivity index (χ2n) is 3.44. The molecule has 60 valence electrons. The minimum absolute atomic E-state index is 0.319. The molecule has 0 fully saturated rings. The third-order valence-electron chi connectivity index (χ3n) is 2.42. The van der Waals surface area contributed by atoms with E-state index >= 15 is 0 Å². The van der Waals surface area contributed by atoms with Gasteiger partial charge in [0.05, 0.1) is 0 Å². The van der Waals surface area contributed by atoms with Gasteiger partial charge in [-0.15, -0.1) is 0 Å². The second kappa shape index (κ2) is 2.78. The largest absolute Gasteiger partial charge is 0.294 e. The van der Waals surface area contributed by atoms with Crippen LogP contribution in [0.5, 0.6) is 0 Å². The Morgan fingerprint density at radius 1 is 1.25 bits per heavy atom. The maximum Gasteiger partial charge on any atom is 0.163 e. The van der Waals surface area contributed by atoms with Crippen LogP contribution in [0.15, 0.2) is 18.2 Å². The van der Waals surface area contributed by atoms with Crippen LogP contribution in [-0.2, 0) is 6.42 Å². The Kier molecular flexibility index (Phi) is 1.76. The predicted octanol–water partition coefficient (Wildman–Crippen LogP) is 0.464. The molecule has 1 nitrogen and oxygen atoms in total. The predicted molar refractivity (Wildman–Crippen MR) is 51.9 cm³/mol. The highest BCUT2D eigenvalue weighted by Crippen LogP contribution is 2.19. The lowest BCUT2D eigenvalue weighted by Gasteiger charge is -2.14. The normalized spacial score (nSPS) is 15.8. The van der Waals surface area contributed by atoms with Crippen LogP contribution in [0.4, 0.5) is 0 Å². The van der Waals surface area contributed by atoms with Crippen LogP contribution < -0.4 is 5.46 Å². The summed E-state index contributed by atoms with van der Waals surface area (Å²) >= 11 is 0. The average Bonchev–Trinajstić information content (AvgIpc) is 2.07. The summed E-state index contributed by atoms with van der Waals surface area (Å²) in [5, 5.41) is 0. The molecule has 0 heterocycles. The molecule has 0 radical (unpaired) electrons. The molecule has 0 bridgehead atoms. The van der Waals surface area contributed by atoms with E-state index in [2.05, 4.69) is 12.1 Å². The molecule has 1 aromatic rings. The van der Waals surface area contributed by atoms with Crippen molar-refractivity contribution in [2.24, 2.45) is 0 Å². The average molecular weight is 158 g/mol. The van der Waals surface area contributed by atoms with E-state index in [1.807, 2.05) is 13.9 Å². The highest BCUT2D eigenvalue weighted by molar-refractivity contribution is 6.32. The summed E-state index contributed by atoms with van der Waals surface area (Å²) in [5.74, 6) is 0.319. The second-order valence-corrected chi connectivity index (χ2v) is 3.44. The zero-order chi connectivity index (χ0) is 8.55. The standard InChI is InChI=1S/C10H11BO/c11-8-5-4-7-2-1-3-10(12)9(7)6-8/h4-6H,1-3,11H2. The van der Waals surface area contributed by atoms with Crippen molar-refractivity contribution < 1.29 is 4.79 Å². The van der Waals surface area contributed by atoms with Gasteiger partial charge in [-0.25, -0.2) is 0 Å². The number of ketones is 1. The van der Waals surface area contributed by atoms with Gasteiger partial charge in [-0.3, -0.25) is 4.79 Å². The van der Waals surface area contributed by atoms with Gasteiger partial charge in [-0.1, -0.05) is 23.7 Å². The van der Waals surface area contributed by atoms with Crippen molar-refractivity contribution in [3.8, 4) is 0 Å². The molecule has 0 aromatic heterocycles. The number of benzene rings is 1. The Morgan fingerprint density at radius 2 is 2.08 bits per heavy atom. The smallest absolute Gasteiger partial charge is 0.163 e. The topological polar surface area (TPSA) is 17.1 Å². The highest BCUT2D eigenvalue weighted by Gasteiger charge is 2.15. The fourth-order valence-electron chi connectivity index (χ4n) is 1.74. The minimum atomic E-state index is 0.319. The summed E-state index contributed by atoms with van der Waals surface area (Å²) in [5.41, 5.74) is 3.38. The van der Waals surface area contributed by atoms with E-state index in [0.717, 1.165) is 24.8 Å². The third-order valence-corrected chi connectivity index (χ3v) is 2.42. The van der Waals surface area contributed by atoms with Crippen molar-refractivity contribution in [3.05, 3.63) is 29.3 Å². The molecule has 0 spiro atoms. The van der Waals surface area contributed by atoms with Gasteiger partial charge in [-0.2, -0.15) is 0 Å². The van der Waals surface area contributed by atoms with E-state index < -0.39 is 0 Å². The van der Waals surface area contributed by atoms with E-state index in [9.17, 15) is 4.79 Å². The summed E-state index contributed by atoms with van der Waals surface area (Å²) in [6.45, 7) is 0. The highest BCUT2D eigenvalue weighted by atomic mass is 16.1. The van der Waals surface area contributed by atoms with Crippen LogP contribution in [-0.4, -0.2) is 13.6 Å². The fraction of sp³-hybridized carbons (Fsp3) is 0.300. The number of hydrogen-bond donors (Lipinski definition) is 0. The zero-order valence-corrected chi connectivity index (χ0v) is 7.26. The van der Waals surface area contributed by atoms with Crippen LogP contribution >= 0.6 is 0 Å². The Labute approximate surface area is 73.2 Å². The monoisotopic (exact) mass is 158 g/mol. The molecule has 1 aliphatic rings. The van der Waals surface area contributed by atoms with Crippen LogP contribution in [0.25, 0.3) is 0 Å². The van der Waals surface area contributed by atoms with Gasteiger partial charge in [0.1, 0.15) is 7.85 Å². The van der Waals surface area contributed by atoms with Gasteiger partial charge in [0.25, 0.3) is 0 Å². The van der Waals surface area contributed by atoms with Crippen molar-refractivity contribution in [2.75, 3.05) is 0 Å². The van der Waals surface area contributed by atoms with Gasteiger partial charge in [-0.05, 0) is 18.4 Å². The molecule has 12 heavy (non-hydrogen) atoms. The van der Waals surface area contributed by atoms with Crippen molar-refractivity contribution in [2.45, 2.75) is 19.3 Å². The number of rotatable bonds is 0. The van der Waals surface area contributed by atoms with Crippen LogP contribution in [0.2, 0.25) is 0 Å². The Bertz CT molecular complexity index is 331. The maximum atomic E-state index is 11.4. The molecule has 0 atom stereocenters. The summed E-state index contributed by atoms with van der Waals surface area (Å²) in [4.78, 5) is 11.4. The van der Waals surface area contributed by atoms with Crippen molar-refractivity contribution in [1.82, 2.24) is 0 Å². The molecule has 0 amide bonds. The Morgan fingerprint density at radius 3 is 2.92 bits per heavy atom. The van der Waals surface area contributed by atoms with E-state index in [0.29, 0.717) is 5.78 Å². The molecule has 0 saturated heterocycles. The third kappa shape index (κ3) is 1.18. The van der Waals surface area contributed by atoms with Crippen molar-refractivity contribution in [3.63, 3.8) is 0 Å². The molecular formula is C10H11BO. The van der Waals surface area contributed by atoms with Gasteiger partial charge in [0.15, 0.2) is 5.78 Å². The number of aryl methyl sites for hydroxylation is 1. The van der Waals surface area contributed by atoms with Gasteiger partial charge in [0, 0.05) is 12.0 Å². The van der Waals surface area contributed by atoms with Crippen molar-refractivity contribution in [1.29, 1.82) is 0 Å². The van der Waals surface area contributed by atoms with E-state index in [-0.39, 0.29) is 0 Å². The Hall–Kier alpha value is -1.05. The minimum Gasteiger partial charge on any atom is -0.294 e. The lowest BCUT2D eigenvalue weighted by molar-refractivity contribution is 0.0972. The Balaban J connectivity index is 2.54. The lowest BCUT2D eigenvalue weighted by Crippen LogP contribution is -2.15. The molecule has 0 saturated carbocycles. The first-order chi connectivity index (χ1) is 5.77. The van der Waals surface area contributed by atoms with Crippen LogP contribution in [0.1, 0.15) is 28.8 Å².